The number of hydrogen-bond donors (Lipinski definition) is 1. The zero-order chi connectivity index (χ0) is 16.1. The maximum atomic E-state index is 12.5. The average Bonchev–Trinajstić information content (AvgIpc) is 2.62. The Morgan fingerprint density at radius 1 is 1.17 bits per heavy atom. The molecule has 0 bridgehead atoms. The fourth-order valence-corrected chi connectivity index (χ4v) is 2.89. The third-order valence-corrected chi connectivity index (χ3v) is 4.19. The van der Waals surface area contributed by atoms with Crippen molar-refractivity contribution >= 4 is 17.4 Å². The number of piperidine rings is 1. The van der Waals surface area contributed by atoms with Crippen molar-refractivity contribution in [3.63, 3.8) is 0 Å². The minimum absolute atomic E-state index is 0.000994. The highest BCUT2D eigenvalue weighted by molar-refractivity contribution is 5.93. The quantitative estimate of drug-likeness (QED) is 0.940. The highest BCUT2D eigenvalue weighted by Crippen LogP contribution is 2.20. The molecule has 0 radical (unpaired) electrons. The number of aromatic nitrogens is 2. The molecule has 2 heterocycles. The van der Waals surface area contributed by atoms with Crippen LogP contribution in [0.4, 0.5) is 11.5 Å². The number of carbonyl (C=O) groups excluding carboxylic acids is 1. The molecule has 120 valence electrons. The van der Waals surface area contributed by atoms with Crippen LogP contribution in [0.2, 0.25) is 0 Å². The third-order valence-electron chi connectivity index (χ3n) is 4.19. The Bertz CT molecular complexity index is 680. The van der Waals surface area contributed by atoms with Crippen molar-refractivity contribution in [2.24, 2.45) is 0 Å². The molecule has 0 unspecified atom stereocenters. The zero-order valence-electron chi connectivity index (χ0n) is 13.5. The summed E-state index contributed by atoms with van der Waals surface area (Å²) in [6.45, 7) is 3.76. The second kappa shape index (κ2) is 7.22. The van der Waals surface area contributed by atoms with E-state index >= 15 is 0 Å². The predicted molar refractivity (Wildman–Crippen MR) is 90.9 cm³/mol. The van der Waals surface area contributed by atoms with Gasteiger partial charge < -0.3 is 10.2 Å². The average molecular weight is 310 g/mol. The largest absolute Gasteiger partial charge is 0.340 e. The van der Waals surface area contributed by atoms with Gasteiger partial charge in [-0.05, 0) is 37.3 Å². The van der Waals surface area contributed by atoms with E-state index in [-0.39, 0.29) is 5.91 Å². The van der Waals surface area contributed by atoms with Gasteiger partial charge in [0.1, 0.15) is 17.8 Å². The van der Waals surface area contributed by atoms with Crippen molar-refractivity contribution in [3.8, 4) is 0 Å². The van der Waals surface area contributed by atoms with E-state index in [1.165, 1.54) is 18.3 Å². The van der Waals surface area contributed by atoms with Crippen molar-refractivity contribution < 1.29 is 4.79 Å². The van der Waals surface area contributed by atoms with Crippen LogP contribution in [0.3, 0.4) is 0 Å². The molecule has 1 aromatic heterocycles. The third kappa shape index (κ3) is 3.67. The van der Waals surface area contributed by atoms with Gasteiger partial charge in [0.25, 0.3) is 5.91 Å². The number of rotatable bonds is 4. The number of anilines is 2. The number of benzene rings is 1. The maximum absolute atomic E-state index is 12.5. The molecule has 3 rings (SSSR count). The van der Waals surface area contributed by atoms with Gasteiger partial charge in [-0.3, -0.25) is 4.79 Å². The lowest BCUT2D eigenvalue weighted by molar-refractivity contribution is 0.0718. The fourth-order valence-electron chi connectivity index (χ4n) is 2.89. The monoisotopic (exact) mass is 310 g/mol. The Morgan fingerprint density at radius 3 is 2.74 bits per heavy atom. The van der Waals surface area contributed by atoms with Gasteiger partial charge >= 0.3 is 0 Å². The molecule has 1 saturated heterocycles. The minimum Gasteiger partial charge on any atom is -0.340 e. The zero-order valence-corrected chi connectivity index (χ0v) is 13.5. The van der Waals surface area contributed by atoms with Gasteiger partial charge in [-0.15, -0.1) is 0 Å². The second-order valence-electron chi connectivity index (χ2n) is 5.78. The first-order chi connectivity index (χ1) is 11.3. The minimum atomic E-state index is -0.000994. The molecule has 1 fully saturated rings. The van der Waals surface area contributed by atoms with E-state index in [1.807, 2.05) is 23.1 Å². The van der Waals surface area contributed by atoms with Crippen LogP contribution >= 0.6 is 0 Å². The van der Waals surface area contributed by atoms with Crippen LogP contribution in [0, 0.1) is 0 Å². The van der Waals surface area contributed by atoms with Gasteiger partial charge in [0.2, 0.25) is 0 Å². The van der Waals surface area contributed by atoms with E-state index in [4.69, 9.17) is 0 Å². The van der Waals surface area contributed by atoms with Gasteiger partial charge in [-0.2, -0.15) is 0 Å². The number of nitrogens with zero attached hydrogens (tertiary/aromatic N) is 3. The molecular formula is C18H22N4O. The molecule has 5 nitrogen and oxygen atoms in total. The van der Waals surface area contributed by atoms with Crippen LogP contribution in [-0.4, -0.2) is 33.9 Å². The summed E-state index contributed by atoms with van der Waals surface area (Å²) in [5.41, 5.74) is 2.69. The van der Waals surface area contributed by atoms with E-state index in [0.717, 1.165) is 38.0 Å². The van der Waals surface area contributed by atoms with Crippen molar-refractivity contribution in [1.82, 2.24) is 14.9 Å². The Hall–Kier alpha value is -2.43. The van der Waals surface area contributed by atoms with Crippen LogP contribution in [0.1, 0.15) is 42.2 Å². The van der Waals surface area contributed by atoms with E-state index in [2.05, 4.69) is 28.3 Å². The SMILES string of the molecule is CCc1ccccc1Nc1cc(C(=O)N2CCCCC2)ncn1. The number of carbonyl (C=O) groups is 1. The van der Waals surface area contributed by atoms with Gasteiger partial charge in [-0.25, -0.2) is 9.97 Å². The lowest BCUT2D eigenvalue weighted by Crippen LogP contribution is -2.36. The molecule has 5 heteroatoms. The van der Waals surface area contributed by atoms with Crippen molar-refractivity contribution in [2.75, 3.05) is 18.4 Å². The lowest BCUT2D eigenvalue weighted by Gasteiger charge is -2.26. The van der Waals surface area contributed by atoms with Gasteiger partial charge in [-0.1, -0.05) is 25.1 Å². The highest BCUT2D eigenvalue weighted by Gasteiger charge is 2.19. The molecule has 2 aromatic rings. The van der Waals surface area contributed by atoms with E-state index < -0.39 is 0 Å². The molecule has 0 atom stereocenters. The summed E-state index contributed by atoms with van der Waals surface area (Å²) in [6, 6.07) is 9.86. The number of hydrogen-bond acceptors (Lipinski definition) is 4. The summed E-state index contributed by atoms with van der Waals surface area (Å²) >= 11 is 0. The van der Waals surface area contributed by atoms with Crippen LogP contribution < -0.4 is 5.32 Å². The number of aryl methyl sites for hydroxylation is 1. The fraction of sp³-hybridized carbons (Fsp3) is 0.389. The normalized spacial score (nSPS) is 14.6. The summed E-state index contributed by atoms with van der Waals surface area (Å²) in [5.74, 6) is 0.653. The van der Waals surface area contributed by atoms with Crippen LogP contribution in [0.15, 0.2) is 36.7 Å². The molecule has 0 spiro atoms. The van der Waals surface area contributed by atoms with Crippen molar-refractivity contribution in [2.45, 2.75) is 32.6 Å². The molecule has 1 aliphatic rings. The van der Waals surface area contributed by atoms with Crippen molar-refractivity contribution in [3.05, 3.63) is 47.9 Å². The molecular weight excluding hydrogens is 288 g/mol. The molecule has 1 amide bonds. The van der Waals surface area contributed by atoms with E-state index in [9.17, 15) is 4.79 Å². The first kappa shape index (κ1) is 15.5. The Balaban J connectivity index is 1.78. The first-order valence-electron chi connectivity index (χ1n) is 8.24. The highest BCUT2D eigenvalue weighted by atomic mass is 16.2. The Kier molecular flexibility index (Phi) is 4.86. The summed E-state index contributed by atoms with van der Waals surface area (Å²) in [5, 5.41) is 3.30. The van der Waals surface area contributed by atoms with E-state index in [1.54, 1.807) is 6.07 Å². The van der Waals surface area contributed by atoms with Crippen LogP contribution in [0.25, 0.3) is 0 Å². The lowest BCUT2D eigenvalue weighted by atomic mass is 10.1. The maximum Gasteiger partial charge on any atom is 0.272 e. The molecule has 0 saturated carbocycles. The number of amides is 1. The summed E-state index contributed by atoms with van der Waals surface area (Å²) in [4.78, 5) is 22.8. The first-order valence-corrected chi connectivity index (χ1v) is 8.24. The van der Waals surface area contributed by atoms with E-state index in [0.29, 0.717) is 11.5 Å². The predicted octanol–water partition coefficient (Wildman–Crippen LogP) is 3.41. The standard InChI is InChI=1S/C18H22N4O/c1-2-14-8-4-5-9-15(14)21-17-12-16(19-13-20-17)18(23)22-10-6-3-7-11-22/h4-5,8-9,12-13H,2-3,6-7,10-11H2,1H3,(H,19,20,21). The molecule has 1 aliphatic heterocycles. The molecule has 23 heavy (non-hydrogen) atoms. The number of nitrogens with one attached hydrogen (secondary N) is 1. The number of para-hydroxylation sites is 1. The molecule has 1 aromatic carbocycles. The smallest absolute Gasteiger partial charge is 0.272 e. The Morgan fingerprint density at radius 2 is 1.96 bits per heavy atom. The number of likely N-dealkylation sites (tertiary alicyclic amines) is 1. The summed E-state index contributed by atoms with van der Waals surface area (Å²) in [6.07, 6.45) is 5.74. The van der Waals surface area contributed by atoms with Crippen molar-refractivity contribution in [1.29, 1.82) is 0 Å². The summed E-state index contributed by atoms with van der Waals surface area (Å²) in [7, 11) is 0. The summed E-state index contributed by atoms with van der Waals surface area (Å²) < 4.78 is 0. The molecule has 1 N–H and O–H groups in total. The Labute approximate surface area is 136 Å². The van der Waals surface area contributed by atoms with Crippen LogP contribution in [0.5, 0.6) is 0 Å². The van der Waals surface area contributed by atoms with Gasteiger partial charge in [0.05, 0.1) is 0 Å². The topological polar surface area (TPSA) is 58.1 Å². The molecule has 0 aliphatic carbocycles. The van der Waals surface area contributed by atoms with Crippen LogP contribution in [-0.2, 0) is 6.42 Å². The second-order valence-corrected chi connectivity index (χ2v) is 5.78. The van der Waals surface area contributed by atoms with Gasteiger partial charge in [0, 0.05) is 24.8 Å². The van der Waals surface area contributed by atoms with Gasteiger partial charge in [0.15, 0.2) is 0 Å².